The standard InChI is InChI=1S/C22H23F3N2O3/c1-12(2)8-20(21(29)27-14-5-4-13(3)19(28)9-14)30-15-6-7-16(18-11-26-18)17(10-15)22(23,24)25/h4-7,9-10,12,20,28H,8,11H2,1-3H3,(H,27,29). The molecule has 160 valence electrons. The molecule has 1 unspecified atom stereocenters. The molecule has 2 aromatic rings. The van der Waals surface area contributed by atoms with Crippen molar-refractivity contribution < 1.29 is 27.8 Å². The van der Waals surface area contributed by atoms with Gasteiger partial charge in [0.1, 0.15) is 11.5 Å². The molecule has 2 N–H and O–H groups in total. The highest BCUT2D eigenvalue weighted by atomic mass is 19.4. The molecule has 3 rings (SSSR count). The van der Waals surface area contributed by atoms with Gasteiger partial charge in [-0.2, -0.15) is 13.2 Å². The summed E-state index contributed by atoms with van der Waals surface area (Å²) in [6.07, 6.45) is -5.26. The average Bonchev–Trinajstić information content (AvgIpc) is 3.48. The van der Waals surface area contributed by atoms with Crippen LogP contribution >= 0.6 is 0 Å². The Hall–Kier alpha value is -3.03. The highest BCUT2D eigenvalue weighted by Gasteiger charge is 2.36. The number of phenolic OH excluding ortho intramolecular Hbond substituents is 1. The highest BCUT2D eigenvalue weighted by Crippen LogP contribution is 2.36. The van der Waals surface area contributed by atoms with Crippen molar-refractivity contribution in [1.29, 1.82) is 0 Å². The van der Waals surface area contributed by atoms with Crippen LogP contribution in [0.5, 0.6) is 11.5 Å². The van der Waals surface area contributed by atoms with Gasteiger partial charge in [0, 0.05) is 17.3 Å². The Labute approximate surface area is 172 Å². The van der Waals surface area contributed by atoms with Gasteiger partial charge >= 0.3 is 6.18 Å². The van der Waals surface area contributed by atoms with E-state index in [1.807, 2.05) is 13.8 Å². The lowest BCUT2D eigenvalue weighted by molar-refractivity contribution is -0.137. The van der Waals surface area contributed by atoms with E-state index in [1.165, 1.54) is 18.2 Å². The van der Waals surface area contributed by atoms with Crippen LogP contribution in [0.25, 0.3) is 0 Å². The van der Waals surface area contributed by atoms with Crippen molar-refractivity contribution in [2.24, 2.45) is 10.9 Å². The molecule has 1 heterocycles. The van der Waals surface area contributed by atoms with Gasteiger partial charge in [0.05, 0.1) is 17.8 Å². The van der Waals surface area contributed by atoms with E-state index in [0.29, 0.717) is 29.9 Å². The van der Waals surface area contributed by atoms with Crippen LogP contribution in [-0.2, 0) is 11.0 Å². The fourth-order valence-electron chi connectivity index (χ4n) is 3.00. The van der Waals surface area contributed by atoms with E-state index in [0.717, 1.165) is 6.07 Å². The van der Waals surface area contributed by atoms with E-state index >= 15 is 0 Å². The molecule has 0 bridgehead atoms. The number of anilines is 1. The topological polar surface area (TPSA) is 70.9 Å². The molecule has 0 saturated carbocycles. The number of hydrogen-bond acceptors (Lipinski definition) is 4. The number of alkyl halides is 3. The van der Waals surface area contributed by atoms with Crippen LogP contribution in [0.4, 0.5) is 18.9 Å². The highest BCUT2D eigenvalue weighted by molar-refractivity contribution is 6.11. The largest absolute Gasteiger partial charge is 0.508 e. The second-order valence-electron chi connectivity index (χ2n) is 7.69. The van der Waals surface area contributed by atoms with Gasteiger partial charge in [0.15, 0.2) is 6.10 Å². The minimum absolute atomic E-state index is 0.0301. The monoisotopic (exact) mass is 420 g/mol. The molecule has 0 spiro atoms. The summed E-state index contributed by atoms with van der Waals surface area (Å²) in [7, 11) is 0. The summed E-state index contributed by atoms with van der Waals surface area (Å²) in [5.74, 6) is -0.451. The van der Waals surface area contributed by atoms with E-state index in [4.69, 9.17) is 4.74 Å². The number of benzene rings is 2. The molecule has 2 aromatic carbocycles. The summed E-state index contributed by atoms with van der Waals surface area (Å²) >= 11 is 0. The predicted molar refractivity (Wildman–Crippen MR) is 108 cm³/mol. The molecule has 0 radical (unpaired) electrons. The van der Waals surface area contributed by atoms with Crippen molar-refractivity contribution in [3.05, 3.63) is 53.1 Å². The normalized spacial score (nSPS) is 14.3. The quantitative estimate of drug-likeness (QED) is 0.666. The molecule has 0 fully saturated rings. The van der Waals surface area contributed by atoms with E-state index in [2.05, 4.69) is 10.3 Å². The first kappa shape index (κ1) is 21.7. The van der Waals surface area contributed by atoms with Gasteiger partial charge in [-0.05, 0) is 49.1 Å². The van der Waals surface area contributed by atoms with Crippen molar-refractivity contribution >= 4 is 17.3 Å². The number of ether oxygens (including phenoxy) is 1. The molecule has 1 aliphatic rings. The Morgan fingerprint density at radius 3 is 2.50 bits per heavy atom. The lowest BCUT2D eigenvalue weighted by Crippen LogP contribution is -2.34. The van der Waals surface area contributed by atoms with E-state index in [-0.39, 0.29) is 23.0 Å². The first-order valence-electron chi connectivity index (χ1n) is 9.56. The number of carbonyl (C=O) groups excluding carboxylic acids is 1. The number of nitrogens with zero attached hydrogens (tertiary/aromatic N) is 1. The van der Waals surface area contributed by atoms with Crippen LogP contribution in [0.1, 0.15) is 37.0 Å². The van der Waals surface area contributed by atoms with Crippen LogP contribution in [-0.4, -0.2) is 29.4 Å². The number of halogens is 3. The zero-order chi connectivity index (χ0) is 22.1. The number of aliphatic imine (C=N–C) groups is 1. The zero-order valence-electron chi connectivity index (χ0n) is 16.9. The molecule has 5 nitrogen and oxygen atoms in total. The van der Waals surface area contributed by atoms with Crippen LogP contribution in [0.15, 0.2) is 41.4 Å². The second kappa shape index (κ2) is 8.38. The van der Waals surface area contributed by atoms with Crippen LogP contribution < -0.4 is 10.1 Å². The number of amides is 1. The summed E-state index contributed by atoms with van der Waals surface area (Å²) < 4.78 is 46.1. The number of nitrogens with one attached hydrogen (secondary N) is 1. The Bertz CT molecular complexity index is 984. The molecule has 0 aliphatic carbocycles. The molecule has 8 heteroatoms. The second-order valence-corrected chi connectivity index (χ2v) is 7.69. The minimum atomic E-state index is -4.56. The summed E-state index contributed by atoms with van der Waals surface area (Å²) in [5, 5.41) is 12.5. The molecular weight excluding hydrogens is 397 g/mol. The molecule has 1 amide bonds. The number of phenols is 1. The fraction of sp³-hybridized carbons (Fsp3) is 0.364. The summed E-state index contributed by atoms with van der Waals surface area (Å²) in [4.78, 5) is 16.6. The van der Waals surface area contributed by atoms with Crippen LogP contribution in [0, 0.1) is 12.8 Å². The smallest absolute Gasteiger partial charge is 0.417 e. The van der Waals surface area contributed by atoms with E-state index < -0.39 is 23.8 Å². The molecule has 0 aromatic heterocycles. The van der Waals surface area contributed by atoms with Gasteiger partial charge in [-0.3, -0.25) is 9.79 Å². The third kappa shape index (κ3) is 5.31. The predicted octanol–water partition coefficient (Wildman–Crippen LogP) is 4.95. The first-order valence-corrected chi connectivity index (χ1v) is 9.56. The van der Waals surface area contributed by atoms with Gasteiger partial charge < -0.3 is 15.2 Å². The number of aryl methyl sites for hydroxylation is 1. The van der Waals surface area contributed by atoms with Crippen molar-refractivity contribution in [2.75, 3.05) is 11.9 Å². The van der Waals surface area contributed by atoms with Gasteiger partial charge in [0.25, 0.3) is 5.91 Å². The third-order valence-electron chi connectivity index (χ3n) is 4.66. The van der Waals surface area contributed by atoms with Crippen molar-refractivity contribution in [1.82, 2.24) is 0 Å². The van der Waals surface area contributed by atoms with Gasteiger partial charge in [-0.15, -0.1) is 0 Å². The zero-order valence-corrected chi connectivity index (χ0v) is 16.9. The third-order valence-corrected chi connectivity index (χ3v) is 4.66. The van der Waals surface area contributed by atoms with E-state index in [9.17, 15) is 23.1 Å². The maximum absolute atomic E-state index is 13.5. The van der Waals surface area contributed by atoms with Gasteiger partial charge in [0.2, 0.25) is 0 Å². The Balaban J connectivity index is 1.83. The number of hydrogen-bond donors (Lipinski definition) is 2. The van der Waals surface area contributed by atoms with E-state index in [1.54, 1.807) is 19.1 Å². The van der Waals surface area contributed by atoms with Crippen LogP contribution in [0.2, 0.25) is 0 Å². The number of aromatic hydroxyl groups is 1. The lowest BCUT2D eigenvalue weighted by Gasteiger charge is -2.21. The molecule has 0 saturated heterocycles. The average molecular weight is 420 g/mol. The Kier molecular flexibility index (Phi) is 6.05. The van der Waals surface area contributed by atoms with Crippen molar-refractivity contribution in [3.8, 4) is 11.5 Å². The summed E-state index contributed by atoms with van der Waals surface area (Å²) in [6.45, 7) is 5.79. The molecule has 1 atom stereocenters. The fourth-order valence-corrected chi connectivity index (χ4v) is 3.00. The lowest BCUT2D eigenvalue weighted by atomic mass is 10.0. The Morgan fingerprint density at radius 1 is 1.23 bits per heavy atom. The van der Waals surface area contributed by atoms with Gasteiger partial charge in [-0.25, -0.2) is 0 Å². The Morgan fingerprint density at radius 2 is 1.93 bits per heavy atom. The molecule has 1 aliphatic heterocycles. The number of carbonyl (C=O) groups is 1. The van der Waals surface area contributed by atoms with Crippen LogP contribution in [0.3, 0.4) is 0 Å². The maximum atomic E-state index is 13.5. The number of rotatable bonds is 7. The molecule has 30 heavy (non-hydrogen) atoms. The summed E-state index contributed by atoms with van der Waals surface area (Å²) in [5.41, 5.74) is 0.643. The first-order chi connectivity index (χ1) is 14.0. The van der Waals surface area contributed by atoms with Crippen molar-refractivity contribution in [3.63, 3.8) is 0 Å². The minimum Gasteiger partial charge on any atom is -0.508 e. The molecular formula is C22H23F3N2O3. The summed E-state index contributed by atoms with van der Waals surface area (Å²) in [6, 6.07) is 8.35. The maximum Gasteiger partial charge on any atom is 0.417 e. The SMILES string of the molecule is Cc1ccc(NC(=O)C(CC(C)C)Oc2ccc(C3=NC3)c(C(F)(F)F)c2)cc1O. The van der Waals surface area contributed by atoms with Gasteiger partial charge in [-0.1, -0.05) is 19.9 Å². The van der Waals surface area contributed by atoms with Crippen molar-refractivity contribution in [2.45, 2.75) is 39.5 Å².